The van der Waals surface area contributed by atoms with Crippen LogP contribution in [0.1, 0.15) is 20.9 Å². The average molecular weight is 384 g/mol. The number of aromatic nitrogens is 1. The van der Waals surface area contributed by atoms with Gasteiger partial charge < -0.3 is 9.80 Å². The number of thiazole rings is 1. The van der Waals surface area contributed by atoms with Gasteiger partial charge in [0.05, 0.1) is 5.69 Å². The SMILES string of the molecule is Cc1cccc(N2CCN(C(=O)c3sc(-c4ccsc4)nc3C)CC2)c1. The Bertz CT molecular complexity index is 909. The normalized spacial score (nSPS) is 14.7. The quantitative estimate of drug-likeness (QED) is 0.670. The number of thiophene rings is 1. The number of carbonyl (C=O) groups is 1. The molecule has 1 saturated heterocycles. The molecule has 0 radical (unpaired) electrons. The predicted molar refractivity (Wildman–Crippen MR) is 109 cm³/mol. The number of carbonyl (C=O) groups excluding carboxylic acids is 1. The zero-order valence-electron chi connectivity index (χ0n) is 14.9. The Kier molecular flexibility index (Phi) is 4.78. The van der Waals surface area contributed by atoms with Crippen molar-refractivity contribution in [2.45, 2.75) is 13.8 Å². The van der Waals surface area contributed by atoms with Gasteiger partial charge in [-0.2, -0.15) is 11.3 Å². The molecule has 4 nitrogen and oxygen atoms in total. The maximum absolute atomic E-state index is 13.0. The summed E-state index contributed by atoms with van der Waals surface area (Å²) in [5, 5.41) is 5.05. The Morgan fingerprint density at radius 3 is 2.62 bits per heavy atom. The molecule has 1 aliphatic rings. The summed E-state index contributed by atoms with van der Waals surface area (Å²) >= 11 is 3.16. The Morgan fingerprint density at radius 1 is 1.12 bits per heavy atom. The van der Waals surface area contributed by atoms with Crippen LogP contribution in [0.2, 0.25) is 0 Å². The van der Waals surface area contributed by atoms with Crippen molar-refractivity contribution >= 4 is 34.3 Å². The minimum atomic E-state index is 0.116. The summed E-state index contributed by atoms with van der Waals surface area (Å²) in [4.78, 5) is 22.7. The van der Waals surface area contributed by atoms with Crippen molar-refractivity contribution in [3.8, 4) is 10.6 Å². The smallest absolute Gasteiger partial charge is 0.265 e. The molecule has 0 N–H and O–H groups in total. The predicted octanol–water partition coefficient (Wildman–Crippen LogP) is 4.45. The van der Waals surface area contributed by atoms with E-state index in [2.05, 4.69) is 52.5 Å². The third-order valence-corrected chi connectivity index (χ3v) is 6.57. The Balaban J connectivity index is 1.45. The maximum Gasteiger partial charge on any atom is 0.265 e. The summed E-state index contributed by atoms with van der Waals surface area (Å²) in [6.45, 7) is 7.27. The molecule has 0 bridgehead atoms. The molecular formula is C20H21N3OS2. The van der Waals surface area contributed by atoms with Crippen LogP contribution >= 0.6 is 22.7 Å². The van der Waals surface area contributed by atoms with Gasteiger partial charge in [0.15, 0.2) is 0 Å². The average Bonchev–Trinajstić information content (AvgIpc) is 3.31. The van der Waals surface area contributed by atoms with Crippen molar-refractivity contribution < 1.29 is 4.79 Å². The number of aryl methyl sites for hydroxylation is 2. The van der Waals surface area contributed by atoms with E-state index in [9.17, 15) is 4.79 Å². The summed E-state index contributed by atoms with van der Waals surface area (Å²) in [7, 11) is 0. The van der Waals surface area contributed by atoms with E-state index in [-0.39, 0.29) is 5.91 Å². The van der Waals surface area contributed by atoms with E-state index in [1.807, 2.05) is 17.2 Å². The Morgan fingerprint density at radius 2 is 1.92 bits per heavy atom. The van der Waals surface area contributed by atoms with Gasteiger partial charge in [0, 0.05) is 42.8 Å². The molecule has 1 amide bonds. The molecule has 1 aromatic carbocycles. The number of hydrogen-bond acceptors (Lipinski definition) is 5. The fraction of sp³-hybridized carbons (Fsp3) is 0.300. The lowest BCUT2D eigenvalue weighted by molar-refractivity contribution is 0.0750. The molecule has 3 heterocycles. The zero-order valence-corrected chi connectivity index (χ0v) is 16.6. The Labute approximate surface area is 161 Å². The third-order valence-electron chi connectivity index (χ3n) is 4.69. The van der Waals surface area contributed by atoms with Crippen molar-refractivity contribution in [3.63, 3.8) is 0 Å². The fourth-order valence-corrected chi connectivity index (χ4v) is 4.99. The molecule has 3 aromatic rings. The first-order valence-electron chi connectivity index (χ1n) is 8.73. The summed E-state index contributed by atoms with van der Waals surface area (Å²) in [6.07, 6.45) is 0. The molecule has 2 aromatic heterocycles. The second-order valence-electron chi connectivity index (χ2n) is 6.56. The van der Waals surface area contributed by atoms with Gasteiger partial charge in [-0.1, -0.05) is 12.1 Å². The lowest BCUT2D eigenvalue weighted by atomic mass is 10.2. The van der Waals surface area contributed by atoms with Crippen LogP contribution in [-0.2, 0) is 0 Å². The highest BCUT2D eigenvalue weighted by Crippen LogP contribution is 2.30. The number of anilines is 1. The highest BCUT2D eigenvalue weighted by atomic mass is 32.1. The van der Waals surface area contributed by atoms with Crippen molar-refractivity contribution in [1.29, 1.82) is 0 Å². The van der Waals surface area contributed by atoms with Crippen molar-refractivity contribution in [2.75, 3.05) is 31.1 Å². The molecule has 0 spiro atoms. The first kappa shape index (κ1) is 17.2. The fourth-order valence-electron chi connectivity index (χ4n) is 3.24. The molecule has 26 heavy (non-hydrogen) atoms. The molecule has 1 aliphatic heterocycles. The van der Waals surface area contributed by atoms with Gasteiger partial charge >= 0.3 is 0 Å². The van der Waals surface area contributed by atoms with Gasteiger partial charge in [-0.05, 0) is 43.0 Å². The molecule has 6 heteroatoms. The second-order valence-corrected chi connectivity index (χ2v) is 8.34. The second kappa shape index (κ2) is 7.21. The van der Waals surface area contributed by atoms with E-state index in [0.717, 1.165) is 47.3 Å². The van der Waals surface area contributed by atoms with Gasteiger partial charge in [0.1, 0.15) is 9.88 Å². The molecule has 134 valence electrons. The minimum absolute atomic E-state index is 0.116. The number of amides is 1. The summed E-state index contributed by atoms with van der Waals surface area (Å²) < 4.78 is 0. The molecule has 0 aliphatic carbocycles. The number of benzene rings is 1. The van der Waals surface area contributed by atoms with Gasteiger partial charge in [0.25, 0.3) is 5.91 Å². The Hall–Kier alpha value is -2.18. The zero-order chi connectivity index (χ0) is 18.1. The molecular weight excluding hydrogens is 362 g/mol. The van der Waals surface area contributed by atoms with Gasteiger partial charge in [-0.15, -0.1) is 11.3 Å². The lowest BCUT2D eigenvalue weighted by Gasteiger charge is -2.36. The molecule has 1 fully saturated rings. The van der Waals surface area contributed by atoms with Gasteiger partial charge in [-0.3, -0.25) is 4.79 Å². The highest BCUT2D eigenvalue weighted by Gasteiger charge is 2.25. The van der Waals surface area contributed by atoms with Crippen LogP contribution in [0.5, 0.6) is 0 Å². The van der Waals surface area contributed by atoms with Crippen LogP contribution in [0.4, 0.5) is 5.69 Å². The van der Waals surface area contributed by atoms with E-state index >= 15 is 0 Å². The monoisotopic (exact) mass is 383 g/mol. The van der Waals surface area contributed by atoms with Crippen molar-refractivity contribution in [1.82, 2.24) is 9.88 Å². The van der Waals surface area contributed by atoms with E-state index in [0.29, 0.717) is 0 Å². The first-order valence-corrected chi connectivity index (χ1v) is 10.5. The van der Waals surface area contributed by atoms with Gasteiger partial charge in [-0.25, -0.2) is 4.98 Å². The topological polar surface area (TPSA) is 36.4 Å². The number of piperazine rings is 1. The van der Waals surface area contributed by atoms with Gasteiger partial charge in [0.2, 0.25) is 0 Å². The lowest BCUT2D eigenvalue weighted by Crippen LogP contribution is -2.48. The summed E-state index contributed by atoms with van der Waals surface area (Å²) in [6, 6.07) is 10.6. The number of rotatable bonds is 3. The largest absolute Gasteiger partial charge is 0.368 e. The van der Waals surface area contributed by atoms with Crippen LogP contribution in [0, 0.1) is 13.8 Å². The van der Waals surface area contributed by atoms with E-state index in [1.165, 1.54) is 22.6 Å². The molecule has 0 atom stereocenters. The number of nitrogens with zero attached hydrogens (tertiary/aromatic N) is 3. The molecule has 0 saturated carbocycles. The first-order chi connectivity index (χ1) is 12.6. The van der Waals surface area contributed by atoms with Crippen LogP contribution < -0.4 is 4.90 Å². The highest BCUT2D eigenvalue weighted by molar-refractivity contribution is 7.17. The van der Waals surface area contributed by atoms with Crippen LogP contribution in [-0.4, -0.2) is 42.0 Å². The van der Waals surface area contributed by atoms with E-state index in [4.69, 9.17) is 0 Å². The summed E-state index contributed by atoms with van der Waals surface area (Å²) in [5.74, 6) is 0.116. The van der Waals surface area contributed by atoms with E-state index in [1.54, 1.807) is 11.3 Å². The maximum atomic E-state index is 13.0. The minimum Gasteiger partial charge on any atom is -0.368 e. The third kappa shape index (κ3) is 3.39. The van der Waals surface area contributed by atoms with E-state index < -0.39 is 0 Å². The van der Waals surface area contributed by atoms with Crippen LogP contribution in [0.3, 0.4) is 0 Å². The standard InChI is InChI=1S/C20H21N3OS2/c1-14-4-3-5-17(12-14)22-7-9-23(10-8-22)20(24)18-15(2)21-19(26-18)16-6-11-25-13-16/h3-6,11-13H,7-10H2,1-2H3. The summed E-state index contributed by atoms with van der Waals surface area (Å²) in [5.41, 5.74) is 4.45. The van der Waals surface area contributed by atoms with Crippen molar-refractivity contribution in [3.05, 3.63) is 57.2 Å². The molecule has 0 unspecified atom stereocenters. The van der Waals surface area contributed by atoms with Crippen LogP contribution in [0.15, 0.2) is 41.1 Å². The molecule has 4 rings (SSSR count). The number of hydrogen-bond donors (Lipinski definition) is 0. The van der Waals surface area contributed by atoms with Crippen LogP contribution in [0.25, 0.3) is 10.6 Å². The van der Waals surface area contributed by atoms with Crippen molar-refractivity contribution in [2.24, 2.45) is 0 Å².